The molecule has 0 unspecified atom stereocenters. The molecule has 1 aromatic heterocycles. The normalized spacial score (nSPS) is 10.9. The molecular weight excluding hydrogens is 252 g/mol. The van der Waals surface area contributed by atoms with Crippen molar-refractivity contribution in [1.29, 1.82) is 0 Å². The third kappa shape index (κ3) is 1.69. The van der Waals surface area contributed by atoms with Crippen LogP contribution in [0.4, 0.5) is 0 Å². The Labute approximate surface area is 115 Å². The monoisotopic (exact) mass is 266 g/mol. The van der Waals surface area contributed by atoms with Crippen LogP contribution in [-0.2, 0) is 0 Å². The summed E-state index contributed by atoms with van der Waals surface area (Å²) in [5.74, 6) is -0.209. The predicted molar refractivity (Wildman–Crippen MR) is 80.2 cm³/mol. The lowest BCUT2D eigenvalue weighted by Crippen LogP contribution is -2.19. The summed E-state index contributed by atoms with van der Waals surface area (Å²) >= 11 is 0. The lowest BCUT2D eigenvalue weighted by molar-refractivity contribution is 0.0964. The average Bonchev–Trinajstić information content (AvgIpc) is 2.47. The van der Waals surface area contributed by atoms with E-state index in [0.717, 1.165) is 11.1 Å². The van der Waals surface area contributed by atoms with Gasteiger partial charge >= 0.3 is 0 Å². The van der Waals surface area contributed by atoms with E-state index >= 15 is 0 Å². The van der Waals surface area contributed by atoms with Crippen molar-refractivity contribution in [3.8, 4) is 0 Å². The van der Waals surface area contributed by atoms with Gasteiger partial charge in [0.1, 0.15) is 0 Å². The predicted octanol–water partition coefficient (Wildman–Crippen LogP) is 2.35. The number of para-hydroxylation sites is 2. The van der Waals surface area contributed by atoms with Gasteiger partial charge in [-0.2, -0.15) is 0 Å². The lowest BCUT2D eigenvalue weighted by Gasteiger charge is -2.08. The Balaban J connectivity index is 2.54. The molecule has 0 aliphatic rings. The van der Waals surface area contributed by atoms with Crippen LogP contribution >= 0.6 is 0 Å². The van der Waals surface area contributed by atoms with E-state index in [2.05, 4.69) is 10.3 Å². The number of benzene rings is 2. The van der Waals surface area contributed by atoms with Gasteiger partial charge in [0, 0.05) is 17.8 Å². The number of aromatic amines is 1. The van der Waals surface area contributed by atoms with Crippen LogP contribution in [0, 0.1) is 6.92 Å². The quantitative estimate of drug-likeness (QED) is 0.664. The number of H-pyrrole nitrogens is 1. The van der Waals surface area contributed by atoms with Crippen molar-refractivity contribution in [2.45, 2.75) is 6.92 Å². The van der Waals surface area contributed by atoms with Crippen molar-refractivity contribution in [2.75, 3.05) is 7.05 Å². The topological polar surface area (TPSA) is 62.0 Å². The van der Waals surface area contributed by atoms with E-state index in [1.165, 1.54) is 0 Å². The van der Waals surface area contributed by atoms with Gasteiger partial charge in [-0.05, 0) is 30.7 Å². The third-order valence-electron chi connectivity index (χ3n) is 3.55. The molecule has 4 heteroatoms. The lowest BCUT2D eigenvalue weighted by atomic mass is 10.0. The molecule has 20 heavy (non-hydrogen) atoms. The maximum atomic E-state index is 12.6. The largest absolute Gasteiger partial charge is 0.355 e. The van der Waals surface area contributed by atoms with E-state index < -0.39 is 0 Å². The van der Waals surface area contributed by atoms with E-state index in [1.807, 2.05) is 19.1 Å². The SMILES string of the molecule is CNC(=O)c1cccc2c(=O)c3cccc(C)c3[nH]c12. The number of nitrogens with one attached hydrogen (secondary N) is 2. The summed E-state index contributed by atoms with van der Waals surface area (Å²) < 4.78 is 0. The Hall–Kier alpha value is -2.62. The number of rotatable bonds is 1. The van der Waals surface area contributed by atoms with Crippen molar-refractivity contribution in [1.82, 2.24) is 10.3 Å². The molecule has 100 valence electrons. The summed E-state index contributed by atoms with van der Waals surface area (Å²) in [5, 5.41) is 3.77. The fourth-order valence-corrected chi connectivity index (χ4v) is 2.49. The zero-order valence-electron chi connectivity index (χ0n) is 11.3. The van der Waals surface area contributed by atoms with Crippen molar-refractivity contribution in [2.24, 2.45) is 0 Å². The summed E-state index contributed by atoms with van der Waals surface area (Å²) in [5.41, 5.74) is 2.77. The van der Waals surface area contributed by atoms with Crippen molar-refractivity contribution in [3.63, 3.8) is 0 Å². The minimum Gasteiger partial charge on any atom is -0.355 e. The number of aryl methyl sites for hydroxylation is 1. The zero-order valence-corrected chi connectivity index (χ0v) is 11.3. The van der Waals surface area contributed by atoms with Crippen LogP contribution < -0.4 is 10.7 Å². The van der Waals surface area contributed by atoms with E-state index in [4.69, 9.17) is 0 Å². The van der Waals surface area contributed by atoms with Crippen LogP contribution in [0.3, 0.4) is 0 Å². The van der Waals surface area contributed by atoms with Gasteiger partial charge in [0.2, 0.25) is 0 Å². The number of hydrogen-bond donors (Lipinski definition) is 2. The number of hydrogen-bond acceptors (Lipinski definition) is 2. The van der Waals surface area contributed by atoms with Crippen molar-refractivity contribution >= 4 is 27.7 Å². The molecule has 0 saturated carbocycles. The minimum atomic E-state index is -0.209. The highest BCUT2D eigenvalue weighted by molar-refractivity contribution is 6.07. The van der Waals surface area contributed by atoms with Gasteiger partial charge < -0.3 is 10.3 Å². The number of amides is 1. The first-order valence-electron chi connectivity index (χ1n) is 6.40. The Morgan fingerprint density at radius 3 is 2.40 bits per heavy atom. The first-order valence-corrected chi connectivity index (χ1v) is 6.40. The molecule has 3 rings (SSSR count). The van der Waals surface area contributed by atoms with Gasteiger partial charge in [0.15, 0.2) is 5.43 Å². The summed E-state index contributed by atoms with van der Waals surface area (Å²) in [6, 6.07) is 10.8. The molecule has 1 heterocycles. The molecular formula is C16H14N2O2. The van der Waals surface area contributed by atoms with Crippen molar-refractivity contribution < 1.29 is 4.79 Å². The zero-order chi connectivity index (χ0) is 14.3. The first kappa shape index (κ1) is 12.4. The first-order chi connectivity index (χ1) is 9.63. The summed E-state index contributed by atoms with van der Waals surface area (Å²) in [4.78, 5) is 27.7. The van der Waals surface area contributed by atoms with E-state index in [0.29, 0.717) is 21.9 Å². The molecule has 0 bridgehead atoms. The molecule has 0 spiro atoms. The Kier molecular flexibility index (Phi) is 2.79. The highest BCUT2D eigenvalue weighted by Crippen LogP contribution is 2.20. The number of carbonyl (C=O) groups excluding carboxylic acids is 1. The molecule has 0 saturated heterocycles. The highest BCUT2D eigenvalue weighted by atomic mass is 16.1. The molecule has 4 nitrogen and oxygen atoms in total. The van der Waals surface area contributed by atoms with Gasteiger partial charge in [-0.25, -0.2) is 0 Å². The fraction of sp³-hybridized carbons (Fsp3) is 0.125. The second kappa shape index (κ2) is 4.49. The molecule has 1 amide bonds. The Morgan fingerprint density at radius 1 is 1.05 bits per heavy atom. The summed E-state index contributed by atoms with van der Waals surface area (Å²) in [6.07, 6.45) is 0. The molecule has 0 aliphatic heterocycles. The molecule has 0 aliphatic carbocycles. The van der Waals surface area contributed by atoms with Gasteiger partial charge in [-0.3, -0.25) is 9.59 Å². The Bertz CT molecular complexity index is 894. The minimum absolute atomic E-state index is 0.0526. The second-order valence-corrected chi connectivity index (χ2v) is 4.76. The maximum Gasteiger partial charge on any atom is 0.253 e. The van der Waals surface area contributed by atoms with Crippen molar-refractivity contribution in [3.05, 3.63) is 57.7 Å². The van der Waals surface area contributed by atoms with Crippen LogP contribution in [0.5, 0.6) is 0 Å². The molecule has 2 aromatic carbocycles. The smallest absolute Gasteiger partial charge is 0.253 e. The second-order valence-electron chi connectivity index (χ2n) is 4.76. The van der Waals surface area contributed by atoms with Gasteiger partial charge in [0.25, 0.3) is 5.91 Å². The fourth-order valence-electron chi connectivity index (χ4n) is 2.49. The third-order valence-corrected chi connectivity index (χ3v) is 3.55. The van der Waals surface area contributed by atoms with Crippen LogP contribution in [0.1, 0.15) is 15.9 Å². The molecule has 0 atom stereocenters. The number of pyridine rings is 1. The highest BCUT2D eigenvalue weighted by Gasteiger charge is 2.13. The molecule has 0 radical (unpaired) electrons. The van der Waals surface area contributed by atoms with E-state index in [9.17, 15) is 9.59 Å². The number of aromatic nitrogens is 1. The van der Waals surface area contributed by atoms with E-state index in [-0.39, 0.29) is 11.3 Å². The van der Waals surface area contributed by atoms with Crippen LogP contribution in [0.25, 0.3) is 21.8 Å². The van der Waals surface area contributed by atoms with Crippen LogP contribution in [0.2, 0.25) is 0 Å². The number of fused-ring (bicyclic) bond motifs is 2. The van der Waals surface area contributed by atoms with Gasteiger partial charge in [-0.15, -0.1) is 0 Å². The van der Waals surface area contributed by atoms with Crippen LogP contribution in [0.15, 0.2) is 41.2 Å². The maximum absolute atomic E-state index is 12.6. The molecule has 2 N–H and O–H groups in total. The average molecular weight is 266 g/mol. The summed E-state index contributed by atoms with van der Waals surface area (Å²) in [7, 11) is 1.57. The standard InChI is InChI=1S/C16H14N2O2/c1-9-5-3-6-10-13(9)18-14-11(15(10)19)7-4-8-12(14)16(20)17-2/h3-8H,1-2H3,(H,17,20)(H,18,19). The molecule has 0 fully saturated rings. The van der Waals surface area contributed by atoms with Crippen LogP contribution in [-0.4, -0.2) is 17.9 Å². The Morgan fingerprint density at radius 2 is 1.70 bits per heavy atom. The van der Waals surface area contributed by atoms with Gasteiger partial charge in [-0.1, -0.05) is 18.2 Å². The number of carbonyl (C=O) groups is 1. The summed E-state index contributed by atoms with van der Waals surface area (Å²) in [6.45, 7) is 1.94. The molecule has 3 aromatic rings. The van der Waals surface area contributed by atoms with Gasteiger partial charge in [0.05, 0.1) is 16.6 Å². The van der Waals surface area contributed by atoms with E-state index in [1.54, 1.807) is 31.3 Å².